The third-order valence-electron chi connectivity index (χ3n) is 2.32. The molecule has 3 N–H and O–H groups in total. The first-order valence-electron chi connectivity index (χ1n) is 5.68. The van der Waals surface area contributed by atoms with Gasteiger partial charge >= 0.3 is 0 Å². The molecule has 10 heteroatoms. The molecule has 3 aromatic heterocycles. The highest BCUT2D eigenvalue weighted by Crippen LogP contribution is 2.25. The van der Waals surface area contributed by atoms with E-state index in [4.69, 9.17) is 14.6 Å². The van der Waals surface area contributed by atoms with Crippen LogP contribution in [0.4, 0.5) is 5.82 Å². The molecule has 3 aromatic rings. The van der Waals surface area contributed by atoms with Crippen molar-refractivity contribution < 1.29 is 8.83 Å². The van der Waals surface area contributed by atoms with Gasteiger partial charge in [0, 0.05) is 6.07 Å². The van der Waals surface area contributed by atoms with Gasteiger partial charge in [0.25, 0.3) is 11.4 Å². The van der Waals surface area contributed by atoms with Crippen LogP contribution in [0.25, 0.3) is 11.7 Å². The molecule has 0 saturated heterocycles. The highest BCUT2D eigenvalue weighted by molar-refractivity contribution is 9.10. The van der Waals surface area contributed by atoms with Gasteiger partial charge in [-0.2, -0.15) is 0 Å². The van der Waals surface area contributed by atoms with Crippen LogP contribution in [0.2, 0.25) is 0 Å². The van der Waals surface area contributed by atoms with E-state index in [2.05, 4.69) is 36.1 Å². The van der Waals surface area contributed by atoms with Crippen molar-refractivity contribution in [3.05, 3.63) is 39.1 Å². The lowest BCUT2D eigenvalue weighted by Crippen LogP contribution is -2.09. The topological polar surface area (TPSA) is 124 Å². The third kappa shape index (κ3) is 3.34. The summed E-state index contributed by atoms with van der Waals surface area (Å²) >= 11 is 4.43. The fourth-order valence-electron chi connectivity index (χ4n) is 1.49. The normalized spacial score (nSPS) is 10.9. The van der Waals surface area contributed by atoms with Gasteiger partial charge in [0.2, 0.25) is 5.89 Å². The summed E-state index contributed by atoms with van der Waals surface area (Å²) in [4.78, 5) is 17.8. The van der Waals surface area contributed by atoms with E-state index in [1.807, 2.05) is 0 Å². The van der Waals surface area contributed by atoms with Crippen LogP contribution in [0.15, 0.2) is 41.7 Å². The molecular weight excluding hydrogens is 362 g/mol. The van der Waals surface area contributed by atoms with Gasteiger partial charge in [0.05, 0.1) is 5.75 Å². The van der Waals surface area contributed by atoms with Gasteiger partial charge in [0.1, 0.15) is 5.82 Å². The minimum atomic E-state index is -0.309. The number of hydrogen-bond acceptors (Lipinski definition) is 8. The van der Waals surface area contributed by atoms with E-state index in [1.165, 1.54) is 17.8 Å². The Morgan fingerprint density at radius 3 is 2.90 bits per heavy atom. The van der Waals surface area contributed by atoms with Crippen molar-refractivity contribution in [2.45, 2.75) is 10.9 Å². The average molecular weight is 370 g/mol. The summed E-state index contributed by atoms with van der Waals surface area (Å²) in [5.41, 5.74) is 5.19. The van der Waals surface area contributed by atoms with Gasteiger partial charge < -0.3 is 19.6 Å². The molecule has 8 nitrogen and oxygen atoms in total. The second-order valence-electron chi connectivity index (χ2n) is 3.87. The van der Waals surface area contributed by atoms with E-state index in [0.717, 1.165) is 0 Å². The Balaban J connectivity index is 1.71. The molecule has 0 aliphatic rings. The molecule has 0 atom stereocenters. The molecule has 0 aromatic carbocycles. The molecule has 3 rings (SSSR count). The molecule has 0 spiro atoms. The van der Waals surface area contributed by atoms with Crippen LogP contribution < -0.4 is 11.3 Å². The SMILES string of the molecule is Nc1cc(=O)[nH]c(SCc2nnc(-c3ccc(Br)o3)o2)n1. The second-order valence-corrected chi connectivity index (χ2v) is 5.61. The van der Waals surface area contributed by atoms with E-state index in [1.54, 1.807) is 12.1 Å². The van der Waals surface area contributed by atoms with Crippen molar-refractivity contribution in [3.63, 3.8) is 0 Å². The zero-order chi connectivity index (χ0) is 14.8. The highest BCUT2D eigenvalue weighted by Gasteiger charge is 2.13. The first-order valence-corrected chi connectivity index (χ1v) is 7.46. The van der Waals surface area contributed by atoms with Gasteiger partial charge in [-0.1, -0.05) is 11.8 Å². The number of H-pyrrole nitrogens is 1. The maximum absolute atomic E-state index is 11.3. The predicted molar refractivity (Wildman–Crippen MR) is 78.5 cm³/mol. The molecule has 0 bridgehead atoms. The Labute approximate surface area is 130 Å². The lowest BCUT2D eigenvalue weighted by Gasteiger charge is -1.98. The van der Waals surface area contributed by atoms with Crippen molar-refractivity contribution in [2.75, 3.05) is 5.73 Å². The van der Waals surface area contributed by atoms with Crippen molar-refractivity contribution >= 4 is 33.5 Å². The molecule has 0 fully saturated rings. The number of rotatable bonds is 4. The van der Waals surface area contributed by atoms with Crippen LogP contribution >= 0.6 is 27.7 Å². The molecule has 0 amide bonds. The maximum Gasteiger partial charge on any atom is 0.283 e. The smallest absolute Gasteiger partial charge is 0.283 e. The minimum absolute atomic E-state index is 0.160. The highest BCUT2D eigenvalue weighted by atomic mass is 79.9. The Morgan fingerprint density at radius 1 is 1.33 bits per heavy atom. The molecule has 0 aliphatic carbocycles. The first kappa shape index (κ1) is 13.9. The Morgan fingerprint density at radius 2 is 2.19 bits per heavy atom. The summed E-state index contributed by atoms with van der Waals surface area (Å²) in [6.45, 7) is 0. The van der Waals surface area contributed by atoms with Crippen LogP contribution in [-0.2, 0) is 5.75 Å². The summed E-state index contributed by atoms with van der Waals surface area (Å²) in [7, 11) is 0. The standard InChI is InChI=1S/C11H8BrN5O3S/c12-6-2-1-5(19-6)10-17-16-9(20-10)4-21-11-14-7(13)3-8(18)15-11/h1-3H,4H2,(H3,13,14,15,18). The first-order chi connectivity index (χ1) is 10.1. The van der Waals surface area contributed by atoms with Crippen molar-refractivity contribution in [3.8, 4) is 11.7 Å². The van der Waals surface area contributed by atoms with Crippen LogP contribution in [0, 0.1) is 0 Å². The lowest BCUT2D eigenvalue weighted by molar-refractivity contribution is 0.486. The second kappa shape index (κ2) is 5.74. The van der Waals surface area contributed by atoms with Crippen molar-refractivity contribution in [2.24, 2.45) is 0 Å². The maximum atomic E-state index is 11.3. The van der Waals surface area contributed by atoms with E-state index >= 15 is 0 Å². The van der Waals surface area contributed by atoms with E-state index in [-0.39, 0.29) is 17.3 Å². The Hall–Kier alpha value is -2.07. The van der Waals surface area contributed by atoms with Crippen LogP contribution in [0.3, 0.4) is 0 Å². The molecule has 0 saturated carbocycles. The Bertz CT molecular complexity index is 827. The Kier molecular flexibility index (Phi) is 3.80. The number of aromatic nitrogens is 4. The van der Waals surface area contributed by atoms with E-state index in [0.29, 0.717) is 27.2 Å². The molecule has 3 heterocycles. The summed E-state index contributed by atoms with van der Waals surface area (Å²) in [6.07, 6.45) is 0. The van der Waals surface area contributed by atoms with Crippen molar-refractivity contribution in [1.29, 1.82) is 0 Å². The number of aromatic amines is 1. The number of thioether (sulfide) groups is 1. The molecule has 108 valence electrons. The zero-order valence-electron chi connectivity index (χ0n) is 10.4. The molecule has 0 aliphatic heterocycles. The molecular formula is C11H8BrN5O3S. The summed E-state index contributed by atoms with van der Waals surface area (Å²) in [5, 5.41) is 8.17. The lowest BCUT2D eigenvalue weighted by atomic mass is 10.5. The fourth-order valence-corrected chi connectivity index (χ4v) is 2.52. The van der Waals surface area contributed by atoms with Crippen molar-refractivity contribution in [1.82, 2.24) is 20.2 Å². The molecule has 21 heavy (non-hydrogen) atoms. The minimum Gasteiger partial charge on any atom is -0.444 e. The number of nitrogens with zero attached hydrogens (tertiary/aromatic N) is 3. The van der Waals surface area contributed by atoms with E-state index < -0.39 is 0 Å². The third-order valence-corrected chi connectivity index (χ3v) is 3.61. The van der Waals surface area contributed by atoms with Crippen LogP contribution in [-0.4, -0.2) is 20.2 Å². The van der Waals surface area contributed by atoms with Gasteiger partial charge in [-0.3, -0.25) is 4.79 Å². The predicted octanol–water partition coefficient (Wildman–Crippen LogP) is 2.05. The van der Waals surface area contributed by atoms with Gasteiger partial charge in [-0.05, 0) is 28.1 Å². The number of nitrogens with one attached hydrogen (secondary N) is 1. The quantitative estimate of drug-likeness (QED) is 0.528. The van der Waals surface area contributed by atoms with Crippen LogP contribution in [0.5, 0.6) is 0 Å². The summed E-state index contributed by atoms with van der Waals surface area (Å²) in [5.74, 6) is 1.65. The average Bonchev–Trinajstić information content (AvgIpc) is 3.04. The fraction of sp³-hybridized carbons (Fsp3) is 0.0909. The number of nitrogen functional groups attached to an aromatic ring is 1. The van der Waals surface area contributed by atoms with Gasteiger partial charge in [-0.15, -0.1) is 10.2 Å². The summed E-state index contributed by atoms with van der Waals surface area (Å²) in [6, 6.07) is 4.66. The van der Waals surface area contributed by atoms with E-state index in [9.17, 15) is 4.79 Å². The number of furan rings is 1. The van der Waals surface area contributed by atoms with Gasteiger partial charge in [-0.25, -0.2) is 4.98 Å². The molecule has 0 unspecified atom stereocenters. The monoisotopic (exact) mass is 369 g/mol. The largest absolute Gasteiger partial charge is 0.444 e. The zero-order valence-corrected chi connectivity index (χ0v) is 12.8. The number of nitrogens with two attached hydrogens (primary N) is 1. The number of hydrogen-bond donors (Lipinski definition) is 2. The number of anilines is 1. The summed E-state index contributed by atoms with van der Waals surface area (Å²) < 4.78 is 11.3. The van der Waals surface area contributed by atoms with Crippen LogP contribution in [0.1, 0.15) is 5.89 Å². The van der Waals surface area contributed by atoms with Gasteiger partial charge in [0.15, 0.2) is 15.6 Å². The number of halogens is 1. The molecule has 0 radical (unpaired) electrons.